The van der Waals surface area contributed by atoms with E-state index in [1.54, 1.807) is 6.33 Å². The lowest BCUT2D eigenvalue weighted by Crippen LogP contribution is -2.55. The molecule has 0 radical (unpaired) electrons. The van der Waals surface area contributed by atoms with Crippen LogP contribution in [0.2, 0.25) is 0 Å². The topological polar surface area (TPSA) is 55.5 Å². The first-order chi connectivity index (χ1) is 14.7. The van der Waals surface area contributed by atoms with E-state index < -0.39 is 0 Å². The van der Waals surface area contributed by atoms with Crippen LogP contribution in [-0.4, -0.2) is 71.0 Å². The first-order valence-corrected chi connectivity index (χ1v) is 10.6. The average molecular weight is 407 g/mol. The molecule has 1 amide bonds. The molecule has 156 valence electrons. The number of carbonyl (C=O) groups is 1. The summed E-state index contributed by atoms with van der Waals surface area (Å²) in [6, 6.07) is 12.8. The summed E-state index contributed by atoms with van der Waals surface area (Å²) < 4.78 is 13.2. The summed E-state index contributed by atoms with van der Waals surface area (Å²) in [4.78, 5) is 27.2. The zero-order valence-corrected chi connectivity index (χ0v) is 16.9. The molecule has 2 aliphatic rings. The van der Waals surface area contributed by atoms with E-state index in [2.05, 4.69) is 19.8 Å². The van der Waals surface area contributed by atoms with Gasteiger partial charge in [0.1, 0.15) is 5.82 Å². The zero-order chi connectivity index (χ0) is 20.5. The molecule has 30 heavy (non-hydrogen) atoms. The maximum absolute atomic E-state index is 13.2. The molecule has 0 unspecified atom stereocenters. The number of carbonyl (C=O) groups excluding carboxylic acids is 1. The van der Waals surface area contributed by atoms with Crippen molar-refractivity contribution < 1.29 is 9.18 Å². The highest BCUT2D eigenvalue weighted by molar-refractivity contribution is 5.97. The van der Waals surface area contributed by atoms with Crippen molar-refractivity contribution in [3.05, 3.63) is 60.2 Å². The van der Waals surface area contributed by atoms with Crippen molar-refractivity contribution in [2.45, 2.75) is 18.9 Å². The lowest BCUT2D eigenvalue weighted by atomic mass is 10.0. The van der Waals surface area contributed by atoms with Gasteiger partial charge in [-0.3, -0.25) is 9.69 Å². The number of nitrogens with one attached hydrogen (secondary N) is 1. The molecule has 0 bridgehead atoms. The van der Waals surface area contributed by atoms with E-state index in [1.165, 1.54) is 12.1 Å². The second-order valence-electron chi connectivity index (χ2n) is 8.18. The van der Waals surface area contributed by atoms with Crippen molar-refractivity contribution in [2.24, 2.45) is 0 Å². The molecule has 0 aliphatic carbocycles. The van der Waals surface area contributed by atoms with Crippen molar-refractivity contribution in [3.63, 3.8) is 0 Å². The fourth-order valence-corrected chi connectivity index (χ4v) is 4.69. The number of hydrogen-bond acceptors (Lipinski definition) is 4. The van der Waals surface area contributed by atoms with Crippen LogP contribution in [-0.2, 0) is 0 Å². The number of piperidine rings is 1. The predicted molar refractivity (Wildman–Crippen MR) is 115 cm³/mol. The monoisotopic (exact) mass is 407 g/mol. The number of aromatic amines is 1. The molecule has 3 heterocycles. The summed E-state index contributed by atoms with van der Waals surface area (Å²) >= 11 is 0. The summed E-state index contributed by atoms with van der Waals surface area (Å²) in [5.41, 5.74) is 3.56. The fourth-order valence-electron chi connectivity index (χ4n) is 4.69. The fraction of sp³-hybridized carbons (Fsp3) is 0.391. The van der Waals surface area contributed by atoms with Crippen molar-refractivity contribution in [3.8, 4) is 0 Å². The van der Waals surface area contributed by atoms with Gasteiger partial charge in [0.2, 0.25) is 0 Å². The Morgan fingerprint density at radius 1 is 1.03 bits per heavy atom. The molecule has 2 aliphatic heterocycles. The van der Waals surface area contributed by atoms with E-state index in [4.69, 9.17) is 0 Å². The van der Waals surface area contributed by atoms with Gasteiger partial charge in [-0.25, -0.2) is 9.37 Å². The third-order valence-electron chi connectivity index (χ3n) is 6.37. The van der Waals surface area contributed by atoms with Crippen LogP contribution in [0.25, 0.3) is 11.0 Å². The summed E-state index contributed by atoms with van der Waals surface area (Å²) in [6.07, 6.45) is 3.81. The van der Waals surface area contributed by atoms with Crippen LogP contribution in [0.3, 0.4) is 0 Å². The second-order valence-corrected chi connectivity index (χ2v) is 8.18. The second kappa shape index (κ2) is 8.07. The van der Waals surface area contributed by atoms with Crippen molar-refractivity contribution >= 4 is 22.6 Å². The molecule has 7 heteroatoms. The number of halogens is 1. The molecule has 2 fully saturated rings. The minimum Gasteiger partial charge on any atom is -0.369 e. The molecular formula is C23H26FN5O. The first-order valence-electron chi connectivity index (χ1n) is 10.6. The molecule has 1 aromatic heterocycles. The summed E-state index contributed by atoms with van der Waals surface area (Å²) in [5, 5.41) is 0. The SMILES string of the molecule is O=C(c1ccc2nc[nH]c2c1)N1CCC[C@@H](N2CCN(c3ccc(F)cc3)CC2)C1. The molecule has 6 nitrogen and oxygen atoms in total. The maximum atomic E-state index is 13.2. The van der Waals surface area contributed by atoms with Crippen LogP contribution in [0.5, 0.6) is 0 Å². The number of nitrogens with zero attached hydrogens (tertiary/aromatic N) is 4. The van der Waals surface area contributed by atoms with E-state index in [1.807, 2.05) is 35.2 Å². The van der Waals surface area contributed by atoms with Gasteiger partial charge < -0.3 is 14.8 Å². The summed E-state index contributed by atoms with van der Waals surface area (Å²) in [5.74, 6) is -0.0998. The van der Waals surface area contributed by atoms with Gasteiger partial charge in [-0.05, 0) is 55.3 Å². The van der Waals surface area contributed by atoms with E-state index in [9.17, 15) is 9.18 Å². The van der Waals surface area contributed by atoms with Gasteiger partial charge in [0.25, 0.3) is 5.91 Å². The van der Waals surface area contributed by atoms with Gasteiger partial charge in [0.05, 0.1) is 17.4 Å². The van der Waals surface area contributed by atoms with Crippen LogP contribution in [0.4, 0.5) is 10.1 Å². The number of imidazole rings is 1. The Balaban J connectivity index is 1.21. The van der Waals surface area contributed by atoms with Gasteiger partial charge in [-0.15, -0.1) is 0 Å². The minimum absolute atomic E-state index is 0.0983. The molecule has 1 atom stereocenters. The van der Waals surface area contributed by atoms with Crippen LogP contribution in [0.15, 0.2) is 48.8 Å². The van der Waals surface area contributed by atoms with Gasteiger partial charge in [-0.2, -0.15) is 0 Å². The summed E-state index contributed by atoms with van der Waals surface area (Å²) in [7, 11) is 0. The van der Waals surface area contributed by atoms with Gasteiger partial charge in [0, 0.05) is 56.6 Å². The number of aromatic nitrogens is 2. The normalized spacial score (nSPS) is 20.6. The highest BCUT2D eigenvalue weighted by Crippen LogP contribution is 2.23. The van der Waals surface area contributed by atoms with Crippen LogP contribution >= 0.6 is 0 Å². The number of amides is 1. The maximum Gasteiger partial charge on any atom is 0.253 e. The highest BCUT2D eigenvalue weighted by Gasteiger charge is 2.30. The lowest BCUT2D eigenvalue weighted by molar-refractivity contribution is 0.0563. The Morgan fingerprint density at radius 3 is 2.63 bits per heavy atom. The first kappa shape index (κ1) is 19.1. The Morgan fingerprint density at radius 2 is 1.83 bits per heavy atom. The van der Waals surface area contributed by atoms with Crippen LogP contribution < -0.4 is 4.90 Å². The van der Waals surface area contributed by atoms with E-state index in [0.717, 1.165) is 68.8 Å². The standard InChI is InChI=1S/C23H26FN5O/c24-18-4-6-19(7-5-18)27-10-12-28(13-11-27)20-2-1-9-29(15-20)23(30)17-3-8-21-22(14-17)26-16-25-21/h3-8,14,16,20H,1-2,9-13,15H2,(H,25,26)/t20-/m1/s1. The molecule has 1 N–H and O–H groups in total. The summed E-state index contributed by atoms with van der Waals surface area (Å²) in [6.45, 7) is 5.36. The van der Waals surface area contributed by atoms with E-state index >= 15 is 0 Å². The average Bonchev–Trinajstić information content (AvgIpc) is 3.27. The van der Waals surface area contributed by atoms with Gasteiger partial charge in [-0.1, -0.05) is 0 Å². The Labute approximate surface area is 175 Å². The van der Waals surface area contributed by atoms with Crippen LogP contribution in [0.1, 0.15) is 23.2 Å². The number of piperazine rings is 1. The number of fused-ring (bicyclic) bond motifs is 1. The van der Waals surface area contributed by atoms with E-state index in [0.29, 0.717) is 11.6 Å². The third-order valence-corrected chi connectivity index (χ3v) is 6.37. The molecule has 2 aromatic carbocycles. The zero-order valence-electron chi connectivity index (χ0n) is 16.9. The van der Waals surface area contributed by atoms with Crippen molar-refractivity contribution in [1.82, 2.24) is 19.8 Å². The number of likely N-dealkylation sites (tertiary alicyclic amines) is 1. The smallest absolute Gasteiger partial charge is 0.253 e. The quantitative estimate of drug-likeness (QED) is 0.725. The Bertz CT molecular complexity index is 1030. The lowest BCUT2D eigenvalue weighted by Gasteiger charge is -2.44. The number of benzene rings is 2. The number of H-pyrrole nitrogens is 1. The van der Waals surface area contributed by atoms with Gasteiger partial charge in [0.15, 0.2) is 0 Å². The molecular weight excluding hydrogens is 381 g/mol. The highest BCUT2D eigenvalue weighted by atomic mass is 19.1. The molecule has 3 aromatic rings. The Kier molecular flexibility index (Phi) is 5.12. The third kappa shape index (κ3) is 3.77. The number of rotatable bonds is 3. The number of anilines is 1. The number of hydrogen-bond donors (Lipinski definition) is 1. The molecule has 0 spiro atoms. The minimum atomic E-state index is -0.198. The van der Waals surface area contributed by atoms with Crippen LogP contribution in [0, 0.1) is 5.82 Å². The molecule has 2 saturated heterocycles. The van der Waals surface area contributed by atoms with E-state index in [-0.39, 0.29) is 11.7 Å². The predicted octanol–water partition coefficient (Wildman–Crippen LogP) is 3.13. The van der Waals surface area contributed by atoms with Gasteiger partial charge >= 0.3 is 0 Å². The van der Waals surface area contributed by atoms with Crippen molar-refractivity contribution in [2.75, 3.05) is 44.2 Å². The molecule has 0 saturated carbocycles. The largest absolute Gasteiger partial charge is 0.369 e. The molecule has 5 rings (SSSR count). The Hall–Kier alpha value is -2.93. The van der Waals surface area contributed by atoms with Crippen molar-refractivity contribution in [1.29, 1.82) is 0 Å².